The van der Waals surface area contributed by atoms with E-state index in [1.807, 2.05) is 6.92 Å². The van der Waals surface area contributed by atoms with Crippen LogP contribution < -0.4 is 5.32 Å². The maximum atomic E-state index is 14.1. The molecule has 1 N–H and O–H groups in total. The SMILES string of the molecule is CCNC(Cc1cccc(F)c1Cl)c1cc(Br)ccc1F. The summed E-state index contributed by atoms with van der Waals surface area (Å²) in [5, 5.41) is 3.31. The lowest BCUT2D eigenvalue weighted by Gasteiger charge is -2.20. The van der Waals surface area contributed by atoms with E-state index >= 15 is 0 Å². The maximum Gasteiger partial charge on any atom is 0.142 e. The van der Waals surface area contributed by atoms with E-state index in [4.69, 9.17) is 11.6 Å². The summed E-state index contributed by atoms with van der Waals surface area (Å²) in [4.78, 5) is 0. The smallest absolute Gasteiger partial charge is 0.142 e. The Morgan fingerprint density at radius 1 is 1.19 bits per heavy atom. The molecule has 5 heteroatoms. The number of benzene rings is 2. The fourth-order valence-corrected chi connectivity index (χ4v) is 2.83. The molecule has 2 aromatic carbocycles. The predicted octanol–water partition coefficient (Wildman–Crippen LogP) is 5.27. The summed E-state index contributed by atoms with van der Waals surface area (Å²) in [7, 11) is 0. The van der Waals surface area contributed by atoms with Crippen molar-refractivity contribution in [2.45, 2.75) is 19.4 Å². The van der Waals surface area contributed by atoms with Crippen LogP contribution in [0.25, 0.3) is 0 Å². The zero-order valence-electron chi connectivity index (χ0n) is 11.5. The number of rotatable bonds is 5. The van der Waals surface area contributed by atoms with Crippen molar-refractivity contribution in [1.82, 2.24) is 5.32 Å². The molecule has 0 aliphatic heterocycles. The van der Waals surface area contributed by atoms with Crippen molar-refractivity contribution in [3.05, 3.63) is 68.7 Å². The second kappa shape index (κ2) is 7.34. The topological polar surface area (TPSA) is 12.0 Å². The minimum absolute atomic E-state index is 0.0933. The fourth-order valence-electron chi connectivity index (χ4n) is 2.25. The normalized spacial score (nSPS) is 12.4. The molecule has 112 valence electrons. The van der Waals surface area contributed by atoms with Crippen LogP contribution in [0.4, 0.5) is 8.78 Å². The largest absolute Gasteiger partial charge is 0.310 e. The van der Waals surface area contributed by atoms with Gasteiger partial charge in [0.1, 0.15) is 11.6 Å². The molecule has 2 aromatic rings. The predicted molar refractivity (Wildman–Crippen MR) is 85.6 cm³/mol. The highest BCUT2D eigenvalue weighted by Gasteiger charge is 2.18. The lowest BCUT2D eigenvalue weighted by molar-refractivity contribution is 0.508. The summed E-state index contributed by atoms with van der Waals surface area (Å²) >= 11 is 9.34. The van der Waals surface area contributed by atoms with E-state index in [0.29, 0.717) is 24.1 Å². The Balaban J connectivity index is 2.35. The van der Waals surface area contributed by atoms with E-state index in [2.05, 4.69) is 21.2 Å². The first-order valence-corrected chi connectivity index (χ1v) is 7.81. The zero-order valence-corrected chi connectivity index (χ0v) is 13.8. The Labute approximate surface area is 136 Å². The summed E-state index contributed by atoms with van der Waals surface area (Å²) in [6.45, 7) is 2.61. The fraction of sp³-hybridized carbons (Fsp3) is 0.250. The van der Waals surface area contributed by atoms with Crippen LogP contribution in [0.1, 0.15) is 24.1 Å². The molecule has 0 saturated heterocycles. The van der Waals surface area contributed by atoms with Crippen LogP contribution in [0.2, 0.25) is 5.02 Å². The second-order valence-corrected chi connectivity index (χ2v) is 5.99. The van der Waals surface area contributed by atoms with Gasteiger partial charge in [-0.25, -0.2) is 8.78 Å². The molecule has 0 fully saturated rings. The van der Waals surface area contributed by atoms with Crippen LogP contribution in [-0.4, -0.2) is 6.54 Å². The van der Waals surface area contributed by atoms with Gasteiger partial charge in [-0.3, -0.25) is 0 Å². The molecule has 1 atom stereocenters. The number of likely N-dealkylation sites (N-methyl/N-ethyl adjacent to an activating group) is 1. The van der Waals surface area contributed by atoms with Gasteiger partial charge in [-0.15, -0.1) is 0 Å². The third kappa shape index (κ3) is 4.02. The van der Waals surface area contributed by atoms with Crippen LogP contribution in [0.15, 0.2) is 40.9 Å². The maximum absolute atomic E-state index is 14.1. The summed E-state index contributed by atoms with van der Waals surface area (Å²) in [6.07, 6.45) is 0.414. The Kier molecular flexibility index (Phi) is 5.73. The van der Waals surface area contributed by atoms with Gasteiger partial charge >= 0.3 is 0 Å². The first-order chi connectivity index (χ1) is 10.0. The first kappa shape index (κ1) is 16.4. The van der Waals surface area contributed by atoms with Crippen LogP contribution in [0.5, 0.6) is 0 Å². The van der Waals surface area contributed by atoms with Crippen molar-refractivity contribution in [2.75, 3.05) is 6.54 Å². The van der Waals surface area contributed by atoms with E-state index in [1.54, 1.807) is 24.3 Å². The molecule has 0 aliphatic carbocycles. The molecular weight excluding hydrogens is 360 g/mol. The van der Waals surface area contributed by atoms with E-state index in [9.17, 15) is 8.78 Å². The van der Waals surface area contributed by atoms with Crippen LogP contribution in [-0.2, 0) is 6.42 Å². The molecule has 0 radical (unpaired) electrons. The summed E-state index contributed by atoms with van der Waals surface area (Å²) in [5.74, 6) is -0.754. The van der Waals surface area contributed by atoms with Crippen molar-refractivity contribution < 1.29 is 8.78 Å². The molecule has 0 spiro atoms. The second-order valence-electron chi connectivity index (χ2n) is 4.69. The van der Waals surface area contributed by atoms with E-state index in [-0.39, 0.29) is 16.9 Å². The highest BCUT2D eigenvalue weighted by atomic mass is 79.9. The lowest BCUT2D eigenvalue weighted by atomic mass is 9.98. The molecule has 0 heterocycles. The highest BCUT2D eigenvalue weighted by molar-refractivity contribution is 9.10. The van der Waals surface area contributed by atoms with Crippen molar-refractivity contribution in [1.29, 1.82) is 0 Å². The average molecular weight is 375 g/mol. The van der Waals surface area contributed by atoms with Gasteiger partial charge in [0, 0.05) is 16.1 Å². The Morgan fingerprint density at radius 3 is 2.67 bits per heavy atom. The van der Waals surface area contributed by atoms with Gasteiger partial charge in [0.15, 0.2) is 0 Å². The number of halogens is 4. The summed E-state index contributed by atoms with van der Waals surface area (Å²) < 4.78 is 28.4. The van der Waals surface area contributed by atoms with Gasteiger partial charge in [0.05, 0.1) is 5.02 Å². The van der Waals surface area contributed by atoms with Gasteiger partial charge in [-0.1, -0.05) is 46.6 Å². The Bertz CT molecular complexity index is 634. The average Bonchev–Trinajstić information content (AvgIpc) is 2.46. The Hall–Kier alpha value is -0.970. The molecule has 0 aliphatic rings. The third-order valence-corrected chi connectivity index (χ3v) is 4.16. The van der Waals surface area contributed by atoms with Crippen molar-refractivity contribution in [2.24, 2.45) is 0 Å². The van der Waals surface area contributed by atoms with E-state index < -0.39 is 5.82 Å². The molecule has 0 bridgehead atoms. The molecule has 21 heavy (non-hydrogen) atoms. The minimum Gasteiger partial charge on any atom is -0.310 e. The van der Waals surface area contributed by atoms with Gasteiger partial charge < -0.3 is 5.32 Å². The molecule has 0 aromatic heterocycles. The Morgan fingerprint density at radius 2 is 1.95 bits per heavy atom. The van der Waals surface area contributed by atoms with Crippen molar-refractivity contribution in [3.63, 3.8) is 0 Å². The zero-order chi connectivity index (χ0) is 15.4. The van der Waals surface area contributed by atoms with Crippen LogP contribution in [0, 0.1) is 11.6 Å². The van der Waals surface area contributed by atoms with Crippen LogP contribution in [0.3, 0.4) is 0 Å². The lowest BCUT2D eigenvalue weighted by Crippen LogP contribution is -2.24. The summed E-state index contributed by atoms with van der Waals surface area (Å²) in [6, 6.07) is 9.20. The minimum atomic E-state index is -0.459. The molecule has 0 amide bonds. The molecule has 0 saturated carbocycles. The standard InChI is InChI=1S/C16H15BrClF2N/c1-2-21-15(12-9-11(17)6-7-13(12)19)8-10-4-3-5-14(20)16(10)18/h3-7,9,15,21H,2,8H2,1H3. The number of hydrogen-bond donors (Lipinski definition) is 1. The molecule has 1 nitrogen and oxygen atoms in total. The quantitative estimate of drug-likeness (QED) is 0.751. The summed E-state index contributed by atoms with van der Waals surface area (Å²) in [5.41, 5.74) is 1.19. The van der Waals surface area contributed by atoms with E-state index in [1.165, 1.54) is 12.1 Å². The molecule has 2 rings (SSSR count). The first-order valence-electron chi connectivity index (χ1n) is 6.64. The molecular formula is C16H15BrClF2N. The van der Waals surface area contributed by atoms with Crippen molar-refractivity contribution in [3.8, 4) is 0 Å². The van der Waals surface area contributed by atoms with Gasteiger partial charge in [-0.05, 0) is 42.8 Å². The molecule has 1 unspecified atom stereocenters. The number of nitrogens with one attached hydrogen (secondary N) is 1. The van der Waals surface area contributed by atoms with Gasteiger partial charge in [0.2, 0.25) is 0 Å². The van der Waals surface area contributed by atoms with Crippen LogP contribution >= 0.6 is 27.5 Å². The monoisotopic (exact) mass is 373 g/mol. The van der Waals surface area contributed by atoms with Gasteiger partial charge in [0.25, 0.3) is 0 Å². The third-order valence-electron chi connectivity index (χ3n) is 3.24. The van der Waals surface area contributed by atoms with Gasteiger partial charge in [-0.2, -0.15) is 0 Å². The highest BCUT2D eigenvalue weighted by Crippen LogP contribution is 2.28. The number of hydrogen-bond acceptors (Lipinski definition) is 1. The van der Waals surface area contributed by atoms with Crippen molar-refractivity contribution >= 4 is 27.5 Å². The van der Waals surface area contributed by atoms with E-state index in [0.717, 1.165) is 4.47 Å².